The number of nitrogens with one attached hydrogen (secondary N) is 1. The molecular weight excluding hydrogens is 188 g/mol. The molecule has 1 unspecified atom stereocenters. The summed E-state index contributed by atoms with van der Waals surface area (Å²) in [6.07, 6.45) is 0. The molecule has 3 heteroatoms. The minimum atomic E-state index is -0.0141. The summed E-state index contributed by atoms with van der Waals surface area (Å²) in [6, 6.07) is 6.07. The van der Waals surface area contributed by atoms with Crippen LogP contribution in [0.15, 0.2) is 18.2 Å². The molecule has 0 aliphatic heterocycles. The monoisotopic (exact) mass is 208 g/mol. The van der Waals surface area contributed by atoms with Crippen molar-refractivity contribution in [2.24, 2.45) is 5.73 Å². The second-order valence-corrected chi connectivity index (χ2v) is 3.66. The quantitative estimate of drug-likeness (QED) is 0.773. The first-order valence-electron chi connectivity index (χ1n) is 5.29. The molecule has 0 spiro atoms. The Bertz CT molecular complexity index is 312. The molecule has 0 aliphatic carbocycles. The largest absolute Gasteiger partial charge is 0.496 e. The molecule has 0 heterocycles. The van der Waals surface area contributed by atoms with Crippen molar-refractivity contribution < 1.29 is 4.74 Å². The summed E-state index contributed by atoms with van der Waals surface area (Å²) in [4.78, 5) is 0. The van der Waals surface area contributed by atoms with Gasteiger partial charge in [0.05, 0.1) is 7.11 Å². The van der Waals surface area contributed by atoms with Crippen molar-refractivity contribution >= 4 is 0 Å². The zero-order valence-electron chi connectivity index (χ0n) is 9.71. The maximum Gasteiger partial charge on any atom is 0.123 e. The van der Waals surface area contributed by atoms with Crippen LogP contribution in [0.3, 0.4) is 0 Å². The minimum Gasteiger partial charge on any atom is -0.496 e. The van der Waals surface area contributed by atoms with E-state index in [0.717, 1.165) is 24.4 Å². The first-order chi connectivity index (χ1) is 7.19. The third-order valence-corrected chi connectivity index (χ3v) is 2.40. The predicted molar refractivity (Wildman–Crippen MR) is 63.2 cm³/mol. The first-order valence-corrected chi connectivity index (χ1v) is 5.29. The zero-order chi connectivity index (χ0) is 11.3. The highest BCUT2D eigenvalue weighted by molar-refractivity contribution is 5.39. The second kappa shape index (κ2) is 5.73. The normalized spacial score (nSPS) is 12.5. The van der Waals surface area contributed by atoms with E-state index in [1.165, 1.54) is 5.56 Å². The molecule has 84 valence electrons. The highest BCUT2D eigenvalue weighted by Crippen LogP contribution is 2.24. The number of rotatable bonds is 5. The summed E-state index contributed by atoms with van der Waals surface area (Å²) < 4.78 is 5.29. The maximum atomic E-state index is 6.08. The fourth-order valence-electron chi connectivity index (χ4n) is 1.55. The standard InChI is InChI=1S/C12H20N2O/c1-4-14-8-11(13)10-7-9(2)5-6-12(10)15-3/h5-7,11,14H,4,8,13H2,1-3H3. The van der Waals surface area contributed by atoms with Gasteiger partial charge in [-0.2, -0.15) is 0 Å². The summed E-state index contributed by atoms with van der Waals surface area (Å²) in [5.74, 6) is 0.867. The van der Waals surface area contributed by atoms with Crippen molar-refractivity contribution in [1.82, 2.24) is 5.32 Å². The van der Waals surface area contributed by atoms with Crippen LogP contribution in [0, 0.1) is 6.92 Å². The van der Waals surface area contributed by atoms with Crippen molar-refractivity contribution in [3.63, 3.8) is 0 Å². The van der Waals surface area contributed by atoms with Crippen LogP contribution in [0.1, 0.15) is 24.1 Å². The smallest absolute Gasteiger partial charge is 0.123 e. The zero-order valence-corrected chi connectivity index (χ0v) is 9.71. The lowest BCUT2D eigenvalue weighted by atomic mass is 10.0. The summed E-state index contributed by atoms with van der Waals surface area (Å²) in [5.41, 5.74) is 8.36. The average Bonchev–Trinajstić information content (AvgIpc) is 2.25. The van der Waals surface area contributed by atoms with Gasteiger partial charge in [-0.05, 0) is 19.5 Å². The third kappa shape index (κ3) is 3.22. The molecule has 15 heavy (non-hydrogen) atoms. The fraction of sp³-hybridized carbons (Fsp3) is 0.500. The van der Waals surface area contributed by atoms with E-state index in [2.05, 4.69) is 25.2 Å². The Hall–Kier alpha value is -1.06. The lowest BCUT2D eigenvalue weighted by Gasteiger charge is -2.16. The van der Waals surface area contributed by atoms with Gasteiger partial charge < -0.3 is 15.8 Å². The summed E-state index contributed by atoms with van der Waals surface area (Å²) in [5, 5.41) is 3.24. The Morgan fingerprint density at radius 3 is 2.80 bits per heavy atom. The highest BCUT2D eigenvalue weighted by atomic mass is 16.5. The molecule has 0 saturated heterocycles. The molecule has 0 amide bonds. The van der Waals surface area contributed by atoms with E-state index < -0.39 is 0 Å². The number of likely N-dealkylation sites (N-methyl/N-ethyl adjacent to an activating group) is 1. The van der Waals surface area contributed by atoms with Crippen LogP contribution in [0.2, 0.25) is 0 Å². The number of hydrogen-bond acceptors (Lipinski definition) is 3. The van der Waals surface area contributed by atoms with E-state index in [-0.39, 0.29) is 6.04 Å². The number of hydrogen-bond donors (Lipinski definition) is 2. The van der Waals surface area contributed by atoms with Crippen molar-refractivity contribution in [3.8, 4) is 5.75 Å². The lowest BCUT2D eigenvalue weighted by Crippen LogP contribution is -2.27. The van der Waals surface area contributed by atoms with E-state index >= 15 is 0 Å². The molecule has 3 nitrogen and oxygen atoms in total. The maximum absolute atomic E-state index is 6.08. The van der Waals surface area contributed by atoms with Gasteiger partial charge in [0, 0.05) is 18.2 Å². The number of ether oxygens (including phenoxy) is 1. The van der Waals surface area contributed by atoms with Crippen LogP contribution in [0.4, 0.5) is 0 Å². The topological polar surface area (TPSA) is 47.3 Å². The van der Waals surface area contributed by atoms with E-state index in [9.17, 15) is 0 Å². The lowest BCUT2D eigenvalue weighted by molar-refractivity contribution is 0.404. The van der Waals surface area contributed by atoms with Gasteiger partial charge in [0.15, 0.2) is 0 Å². The van der Waals surface area contributed by atoms with E-state index in [1.54, 1.807) is 7.11 Å². The molecular formula is C12H20N2O. The Morgan fingerprint density at radius 2 is 2.20 bits per heavy atom. The number of benzene rings is 1. The molecule has 3 N–H and O–H groups in total. The van der Waals surface area contributed by atoms with E-state index in [4.69, 9.17) is 10.5 Å². The summed E-state index contributed by atoms with van der Waals surface area (Å²) >= 11 is 0. The van der Waals surface area contributed by atoms with Gasteiger partial charge in [0.2, 0.25) is 0 Å². The van der Waals surface area contributed by atoms with Gasteiger partial charge in [0.1, 0.15) is 5.75 Å². The number of nitrogens with two attached hydrogens (primary N) is 1. The van der Waals surface area contributed by atoms with E-state index in [1.807, 2.05) is 12.1 Å². The van der Waals surface area contributed by atoms with Crippen LogP contribution >= 0.6 is 0 Å². The fourth-order valence-corrected chi connectivity index (χ4v) is 1.55. The van der Waals surface area contributed by atoms with Gasteiger partial charge in [-0.3, -0.25) is 0 Å². The molecule has 0 aromatic heterocycles. The summed E-state index contributed by atoms with van der Waals surface area (Å²) in [7, 11) is 1.67. The first kappa shape index (κ1) is 12.0. The van der Waals surface area contributed by atoms with Gasteiger partial charge in [0.25, 0.3) is 0 Å². The van der Waals surface area contributed by atoms with Crippen molar-refractivity contribution in [2.75, 3.05) is 20.2 Å². The highest BCUT2D eigenvalue weighted by Gasteiger charge is 2.11. The molecule has 0 radical (unpaired) electrons. The molecule has 0 aliphatic rings. The van der Waals surface area contributed by atoms with Gasteiger partial charge in [-0.1, -0.05) is 24.6 Å². The summed E-state index contributed by atoms with van der Waals surface area (Å²) in [6.45, 7) is 5.83. The van der Waals surface area contributed by atoms with Crippen molar-refractivity contribution in [2.45, 2.75) is 19.9 Å². The van der Waals surface area contributed by atoms with Crippen LogP contribution in [0.25, 0.3) is 0 Å². The van der Waals surface area contributed by atoms with Crippen molar-refractivity contribution in [3.05, 3.63) is 29.3 Å². The molecule has 0 saturated carbocycles. The van der Waals surface area contributed by atoms with Crippen LogP contribution in [-0.2, 0) is 0 Å². The Kier molecular flexibility index (Phi) is 4.59. The number of aryl methyl sites for hydroxylation is 1. The molecule has 0 bridgehead atoms. The van der Waals surface area contributed by atoms with Crippen LogP contribution < -0.4 is 15.8 Å². The third-order valence-electron chi connectivity index (χ3n) is 2.40. The second-order valence-electron chi connectivity index (χ2n) is 3.66. The Balaban J connectivity index is 2.85. The van der Waals surface area contributed by atoms with Crippen molar-refractivity contribution in [1.29, 1.82) is 0 Å². The average molecular weight is 208 g/mol. The predicted octanol–water partition coefficient (Wildman–Crippen LogP) is 1.61. The molecule has 1 rings (SSSR count). The minimum absolute atomic E-state index is 0.0141. The molecule has 1 atom stereocenters. The molecule has 1 aromatic carbocycles. The molecule has 0 fully saturated rings. The van der Waals surface area contributed by atoms with Crippen LogP contribution in [0.5, 0.6) is 5.75 Å². The Labute approximate surface area is 91.6 Å². The van der Waals surface area contributed by atoms with Gasteiger partial charge in [-0.25, -0.2) is 0 Å². The van der Waals surface area contributed by atoms with E-state index in [0.29, 0.717) is 0 Å². The number of methoxy groups -OCH3 is 1. The van der Waals surface area contributed by atoms with Crippen LogP contribution in [-0.4, -0.2) is 20.2 Å². The molecule has 1 aromatic rings. The Morgan fingerprint density at radius 1 is 1.47 bits per heavy atom. The van der Waals surface area contributed by atoms with Gasteiger partial charge in [-0.15, -0.1) is 0 Å². The SMILES string of the molecule is CCNCC(N)c1cc(C)ccc1OC. The van der Waals surface area contributed by atoms with Gasteiger partial charge >= 0.3 is 0 Å².